The summed E-state index contributed by atoms with van der Waals surface area (Å²) in [5.74, 6) is 0. The standard InChI is InChI=1S/C8H6NS2/c1-6-9-8(5-11-6)7-2-3-10-4-7/h2-5H,1H2. The second-order valence-electron chi connectivity index (χ2n) is 2.14. The van der Waals surface area contributed by atoms with E-state index < -0.39 is 0 Å². The topological polar surface area (TPSA) is 12.9 Å². The van der Waals surface area contributed by atoms with Crippen LogP contribution in [-0.2, 0) is 0 Å². The summed E-state index contributed by atoms with van der Waals surface area (Å²) in [7, 11) is 0. The van der Waals surface area contributed by atoms with Crippen molar-refractivity contribution in [2.45, 2.75) is 0 Å². The van der Waals surface area contributed by atoms with Gasteiger partial charge in [-0.25, -0.2) is 4.98 Å². The van der Waals surface area contributed by atoms with Gasteiger partial charge in [0, 0.05) is 23.2 Å². The zero-order chi connectivity index (χ0) is 7.68. The van der Waals surface area contributed by atoms with Gasteiger partial charge in [-0.1, -0.05) is 0 Å². The molecule has 0 unspecified atom stereocenters. The molecule has 0 amide bonds. The van der Waals surface area contributed by atoms with Crippen molar-refractivity contribution in [3.8, 4) is 11.3 Å². The van der Waals surface area contributed by atoms with Crippen LogP contribution in [0.1, 0.15) is 5.01 Å². The van der Waals surface area contributed by atoms with E-state index in [2.05, 4.69) is 28.7 Å². The SMILES string of the molecule is [CH2]c1nc(-c2ccsc2)cs1. The van der Waals surface area contributed by atoms with Gasteiger partial charge in [-0.05, 0) is 11.4 Å². The molecule has 2 aromatic heterocycles. The van der Waals surface area contributed by atoms with E-state index in [0.29, 0.717) is 0 Å². The molecule has 2 rings (SSSR count). The molecule has 3 heteroatoms. The van der Waals surface area contributed by atoms with Gasteiger partial charge in [0.15, 0.2) is 0 Å². The van der Waals surface area contributed by atoms with Gasteiger partial charge < -0.3 is 0 Å². The lowest BCUT2D eigenvalue weighted by atomic mass is 10.3. The molecule has 0 saturated carbocycles. The summed E-state index contributed by atoms with van der Waals surface area (Å²) >= 11 is 3.27. The largest absolute Gasteiger partial charge is 0.241 e. The van der Waals surface area contributed by atoms with Crippen LogP contribution in [0.2, 0.25) is 0 Å². The third kappa shape index (κ3) is 1.34. The maximum atomic E-state index is 4.27. The lowest BCUT2D eigenvalue weighted by Crippen LogP contribution is -1.71. The summed E-state index contributed by atoms with van der Waals surface area (Å²) in [6, 6.07) is 2.07. The van der Waals surface area contributed by atoms with Gasteiger partial charge >= 0.3 is 0 Å². The van der Waals surface area contributed by atoms with Crippen molar-refractivity contribution in [2.75, 3.05) is 0 Å². The van der Waals surface area contributed by atoms with Crippen molar-refractivity contribution < 1.29 is 0 Å². The van der Waals surface area contributed by atoms with E-state index in [-0.39, 0.29) is 0 Å². The molecular weight excluding hydrogens is 174 g/mol. The average Bonchev–Trinajstić information content (AvgIpc) is 2.55. The van der Waals surface area contributed by atoms with Gasteiger partial charge in [-0.15, -0.1) is 11.3 Å². The van der Waals surface area contributed by atoms with E-state index in [1.54, 1.807) is 22.7 Å². The fourth-order valence-electron chi connectivity index (χ4n) is 0.854. The molecule has 0 spiro atoms. The normalized spacial score (nSPS) is 10.3. The Morgan fingerprint density at radius 2 is 2.27 bits per heavy atom. The fraction of sp³-hybridized carbons (Fsp3) is 0. The van der Waals surface area contributed by atoms with E-state index >= 15 is 0 Å². The number of hydrogen-bond acceptors (Lipinski definition) is 3. The molecule has 2 aromatic rings. The van der Waals surface area contributed by atoms with Gasteiger partial charge in [-0.3, -0.25) is 0 Å². The quantitative estimate of drug-likeness (QED) is 0.657. The molecule has 0 fully saturated rings. The molecule has 0 aliphatic rings. The summed E-state index contributed by atoms with van der Waals surface area (Å²) in [5.41, 5.74) is 2.24. The predicted molar refractivity (Wildman–Crippen MR) is 49.9 cm³/mol. The Morgan fingerprint density at radius 1 is 1.36 bits per heavy atom. The summed E-state index contributed by atoms with van der Waals surface area (Å²) < 4.78 is 0. The van der Waals surface area contributed by atoms with E-state index in [0.717, 1.165) is 10.7 Å². The molecule has 0 bridgehead atoms. The Labute approximate surface area is 73.4 Å². The number of rotatable bonds is 1. The average molecular weight is 180 g/mol. The molecular formula is C8H6NS2. The zero-order valence-corrected chi connectivity index (χ0v) is 7.41. The van der Waals surface area contributed by atoms with Gasteiger partial charge in [-0.2, -0.15) is 11.3 Å². The van der Waals surface area contributed by atoms with E-state index in [9.17, 15) is 0 Å². The lowest BCUT2D eigenvalue weighted by molar-refractivity contribution is 1.37. The Balaban J connectivity index is 2.45. The van der Waals surface area contributed by atoms with Crippen LogP contribution in [0.25, 0.3) is 11.3 Å². The maximum Gasteiger partial charge on any atom is 0.0936 e. The molecule has 0 saturated heterocycles. The van der Waals surface area contributed by atoms with Crippen LogP contribution in [0.4, 0.5) is 0 Å². The van der Waals surface area contributed by atoms with Crippen LogP contribution in [-0.4, -0.2) is 4.98 Å². The molecule has 11 heavy (non-hydrogen) atoms. The van der Waals surface area contributed by atoms with Crippen LogP contribution >= 0.6 is 22.7 Å². The highest BCUT2D eigenvalue weighted by molar-refractivity contribution is 7.10. The van der Waals surface area contributed by atoms with Crippen molar-refractivity contribution in [3.63, 3.8) is 0 Å². The highest BCUT2D eigenvalue weighted by Gasteiger charge is 2.00. The van der Waals surface area contributed by atoms with E-state index in [1.807, 2.05) is 5.38 Å². The van der Waals surface area contributed by atoms with Crippen molar-refractivity contribution in [3.05, 3.63) is 34.1 Å². The molecule has 55 valence electrons. The minimum atomic E-state index is 0.881. The number of thiazole rings is 1. The molecule has 0 aliphatic carbocycles. The second-order valence-corrected chi connectivity index (χ2v) is 3.86. The van der Waals surface area contributed by atoms with E-state index in [4.69, 9.17) is 0 Å². The Morgan fingerprint density at radius 3 is 2.82 bits per heavy atom. The lowest BCUT2D eigenvalue weighted by Gasteiger charge is -1.85. The van der Waals surface area contributed by atoms with Gasteiger partial charge in [0.05, 0.1) is 10.7 Å². The van der Waals surface area contributed by atoms with Crippen LogP contribution in [0.5, 0.6) is 0 Å². The van der Waals surface area contributed by atoms with Crippen LogP contribution in [0.15, 0.2) is 22.2 Å². The number of nitrogens with zero attached hydrogens (tertiary/aromatic N) is 1. The number of hydrogen-bond donors (Lipinski definition) is 0. The van der Waals surface area contributed by atoms with Crippen molar-refractivity contribution in [1.82, 2.24) is 4.98 Å². The first-order chi connectivity index (χ1) is 5.36. The Hall–Kier alpha value is -0.670. The summed E-state index contributed by atoms with van der Waals surface area (Å²) in [6.07, 6.45) is 0. The van der Waals surface area contributed by atoms with Crippen molar-refractivity contribution >= 4 is 22.7 Å². The van der Waals surface area contributed by atoms with Crippen LogP contribution in [0, 0.1) is 6.92 Å². The first-order valence-electron chi connectivity index (χ1n) is 3.16. The molecule has 0 aliphatic heterocycles. The van der Waals surface area contributed by atoms with Gasteiger partial charge in [0.2, 0.25) is 0 Å². The highest BCUT2D eigenvalue weighted by atomic mass is 32.1. The number of aromatic nitrogens is 1. The van der Waals surface area contributed by atoms with Crippen molar-refractivity contribution in [1.29, 1.82) is 0 Å². The van der Waals surface area contributed by atoms with Crippen LogP contribution < -0.4 is 0 Å². The summed E-state index contributed by atoms with van der Waals surface area (Å²) in [5, 5.41) is 7.06. The Bertz CT molecular complexity index is 335. The first-order valence-corrected chi connectivity index (χ1v) is 4.98. The molecule has 1 radical (unpaired) electrons. The van der Waals surface area contributed by atoms with Crippen LogP contribution in [0.3, 0.4) is 0 Å². The van der Waals surface area contributed by atoms with Gasteiger partial charge in [0.1, 0.15) is 0 Å². The summed E-state index contributed by atoms with van der Waals surface area (Å²) in [6.45, 7) is 3.76. The Kier molecular flexibility index (Phi) is 1.75. The van der Waals surface area contributed by atoms with E-state index in [1.165, 1.54) is 5.56 Å². The predicted octanol–water partition coefficient (Wildman–Crippen LogP) is 3.05. The molecule has 0 atom stereocenters. The zero-order valence-electron chi connectivity index (χ0n) is 5.78. The van der Waals surface area contributed by atoms with Gasteiger partial charge in [0.25, 0.3) is 0 Å². The maximum absolute atomic E-state index is 4.27. The highest BCUT2D eigenvalue weighted by Crippen LogP contribution is 2.23. The third-order valence-electron chi connectivity index (χ3n) is 1.37. The monoisotopic (exact) mass is 180 g/mol. The third-order valence-corrected chi connectivity index (χ3v) is 2.76. The molecule has 1 nitrogen and oxygen atoms in total. The number of thiophene rings is 1. The molecule has 0 aromatic carbocycles. The van der Waals surface area contributed by atoms with Crippen molar-refractivity contribution in [2.24, 2.45) is 0 Å². The second kappa shape index (κ2) is 2.75. The molecule has 0 N–H and O–H groups in total. The summed E-state index contributed by atoms with van der Waals surface area (Å²) in [4.78, 5) is 4.27. The smallest absolute Gasteiger partial charge is 0.0936 e. The minimum absolute atomic E-state index is 0.881. The minimum Gasteiger partial charge on any atom is -0.241 e. The fourth-order valence-corrected chi connectivity index (χ4v) is 2.09. The molecule has 2 heterocycles. The first kappa shape index (κ1) is 7.00.